The number of hydrogen-bond donors (Lipinski definition) is 1. The molecule has 0 fully saturated rings. The first-order chi connectivity index (χ1) is 16.3. The van der Waals surface area contributed by atoms with Crippen LogP contribution in [0.15, 0.2) is 78.9 Å². The number of rotatable bonds is 10. The molecule has 5 heteroatoms. The van der Waals surface area contributed by atoms with Crippen molar-refractivity contribution in [1.29, 1.82) is 0 Å². The first-order valence-corrected chi connectivity index (χ1v) is 11.7. The number of aryl methyl sites for hydroxylation is 1. The number of nitrogens with zero attached hydrogens (tertiary/aromatic N) is 1. The third kappa shape index (κ3) is 7.27. The van der Waals surface area contributed by atoms with Crippen molar-refractivity contribution in [3.63, 3.8) is 0 Å². The largest absolute Gasteiger partial charge is 0.354 e. The Labute approximate surface area is 201 Å². The van der Waals surface area contributed by atoms with Gasteiger partial charge in [-0.2, -0.15) is 0 Å². The summed E-state index contributed by atoms with van der Waals surface area (Å²) in [5, 5.41) is 3.02. The van der Waals surface area contributed by atoms with Gasteiger partial charge in [0.15, 0.2) is 0 Å². The van der Waals surface area contributed by atoms with Gasteiger partial charge in [-0.25, -0.2) is 4.39 Å². The molecule has 0 unspecified atom stereocenters. The fraction of sp³-hybridized carbons (Fsp3) is 0.310. The van der Waals surface area contributed by atoms with Gasteiger partial charge in [-0.1, -0.05) is 80.6 Å². The molecule has 1 N–H and O–H groups in total. The lowest BCUT2D eigenvalue weighted by atomic mass is 10.00. The summed E-state index contributed by atoms with van der Waals surface area (Å²) in [6, 6.07) is 22.9. The van der Waals surface area contributed by atoms with Gasteiger partial charge in [0.2, 0.25) is 11.8 Å². The first kappa shape index (κ1) is 25.2. The van der Waals surface area contributed by atoms with Crippen molar-refractivity contribution in [2.75, 3.05) is 6.54 Å². The highest BCUT2D eigenvalue weighted by Gasteiger charge is 2.30. The molecule has 0 spiro atoms. The number of benzene rings is 3. The average Bonchev–Trinajstić information content (AvgIpc) is 2.83. The van der Waals surface area contributed by atoms with Crippen molar-refractivity contribution in [1.82, 2.24) is 10.2 Å². The van der Waals surface area contributed by atoms with E-state index < -0.39 is 6.04 Å². The molecule has 3 aromatic rings. The highest BCUT2D eigenvalue weighted by molar-refractivity contribution is 5.89. The fourth-order valence-electron chi connectivity index (χ4n) is 3.84. The van der Waals surface area contributed by atoms with E-state index in [9.17, 15) is 14.0 Å². The molecular formula is C29H33FN2O2. The highest BCUT2D eigenvalue weighted by Crippen LogP contribution is 2.18. The molecule has 0 aliphatic carbocycles. The quantitative estimate of drug-likeness (QED) is 0.458. The second-order valence-electron chi connectivity index (χ2n) is 9.10. The lowest BCUT2D eigenvalue weighted by molar-refractivity contribution is -0.140. The van der Waals surface area contributed by atoms with Crippen LogP contribution in [-0.4, -0.2) is 29.3 Å². The molecule has 0 radical (unpaired) electrons. The molecule has 2 amide bonds. The van der Waals surface area contributed by atoms with Crippen LogP contribution in [0.4, 0.5) is 4.39 Å². The molecule has 178 valence electrons. The molecule has 3 aromatic carbocycles. The number of amides is 2. The molecule has 34 heavy (non-hydrogen) atoms. The van der Waals surface area contributed by atoms with Gasteiger partial charge in [-0.05, 0) is 47.2 Å². The normalized spacial score (nSPS) is 11.8. The van der Waals surface area contributed by atoms with E-state index in [1.807, 2.05) is 75.4 Å². The number of carbonyl (C=O) groups is 2. The zero-order valence-electron chi connectivity index (χ0n) is 20.1. The van der Waals surface area contributed by atoms with Crippen molar-refractivity contribution in [3.05, 3.63) is 107 Å². The van der Waals surface area contributed by atoms with Crippen LogP contribution in [0.5, 0.6) is 0 Å². The van der Waals surface area contributed by atoms with E-state index in [1.54, 1.807) is 17.0 Å². The summed E-state index contributed by atoms with van der Waals surface area (Å²) in [6.45, 7) is 6.79. The van der Waals surface area contributed by atoms with Crippen LogP contribution in [0, 0.1) is 18.7 Å². The molecule has 0 aromatic heterocycles. The van der Waals surface area contributed by atoms with Crippen LogP contribution in [-0.2, 0) is 29.0 Å². The smallest absolute Gasteiger partial charge is 0.243 e. The van der Waals surface area contributed by atoms with E-state index >= 15 is 0 Å². The van der Waals surface area contributed by atoms with Crippen molar-refractivity contribution in [2.24, 2.45) is 5.92 Å². The Balaban J connectivity index is 1.96. The zero-order valence-corrected chi connectivity index (χ0v) is 20.1. The molecule has 0 saturated carbocycles. The van der Waals surface area contributed by atoms with E-state index in [1.165, 1.54) is 12.1 Å². The summed E-state index contributed by atoms with van der Waals surface area (Å²) >= 11 is 0. The van der Waals surface area contributed by atoms with Crippen molar-refractivity contribution < 1.29 is 14.0 Å². The lowest BCUT2D eigenvalue weighted by Crippen LogP contribution is -2.51. The highest BCUT2D eigenvalue weighted by atomic mass is 19.1. The molecular weight excluding hydrogens is 427 g/mol. The molecule has 3 rings (SSSR count). The van der Waals surface area contributed by atoms with Crippen LogP contribution >= 0.6 is 0 Å². The SMILES string of the molecule is Cc1ccccc1CC(=O)N(Cc1ccc(F)cc1)[C@@H](Cc1ccccc1)C(=O)NCC(C)C. The third-order valence-corrected chi connectivity index (χ3v) is 5.82. The Morgan fingerprint density at radius 1 is 0.882 bits per heavy atom. The lowest BCUT2D eigenvalue weighted by Gasteiger charge is -2.32. The number of carbonyl (C=O) groups excluding carboxylic acids is 2. The fourth-order valence-corrected chi connectivity index (χ4v) is 3.84. The van der Waals surface area contributed by atoms with E-state index in [0.717, 1.165) is 22.3 Å². The Kier molecular flexibility index (Phi) is 8.97. The van der Waals surface area contributed by atoms with Gasteiger partial charge in [0.25, 0.3) is 0 Å². The minimum absolute atomic E-state index is 0.140. The molecule has 0 heterocycles. The standard InChI is InChI=1S/C29H33FN2O2/c1-21(2)19-31-29(34)27(17-23-10-5-4-6-11-23)32(20-24-13-15-26(30)16-14-24)28(33)18-25-12-8-7-9-22(25)3/h4-16,21,27H,17-20H2,1-3H3,(H,31,34)/t27-/m0/s1. The number of hydrogen-bond acceptors (Lipinski definition) is 2. The van der Waals surface area contributed by atoms with Gasteiger partial charge in [0, 0.05) is 19.5 Å². The zero-order chi connectivity index (χ0) is 24.5. The third-order valence-electron chi connectivity index (χ3n) is 5.82. The monoisotopic (exact) mass is 460 g/mol. The average molecular weight is 461 g/mol. The van der Waals surface area contributed by atoms with Gasteiger partial charge in [0.1, 0.15) is 11.9 Å². The van der Waals surface area contributed by atoms with Gasteiger partial charge in [-0.3, -0.25) is 9.59 Å². The van der Waals surface area contributed by atoms with Crippen LogP contribution in [0.25, 0.3) is 0 Å². The second-order valence-corrected chi connectivity index (χ2v) is 9.10. The van der Waals surface area contributed by atoms with Crippen molar-refractivity contribution in [2.45, 2.75) is 46.2 Å². The first-order valence-electron chi connectivity index (χ1n) is 11.7. The van der Waals surface area contributed by atoms with Crippen molar-refractivity contribution >= 4 is 11.8 Å². The van der Waals surface area contributed by atoms with Crippen LogP contribution in [0.3, 0.4) is 0 Å². The van der Waals surface area contributed by atoms with Gasteiger partial charge < -0.3 is 10.2 Å². The van der Waals surface area contributed by atoms with Crippen LogP contribution < -0.4 is 5.32 Å². The maximum Gasteiger partial charge on any atom is 0.243 e. The Bertz CT molecular complexity index is 1080. The van der Waals surface area contributed by atoms with Gasteiger partial charge >= 0.3 is 0 Å². The topological polar surface area (TPSA) is 49.4 Å². The minimum Gasteiger partial charge on any atom is -0.354 e. The summed E-state index contributed by atoms with van der Waals surface area (Å²) in [7, 11) is 0. The molecule has 4 nitrogen and oxygen atoms in total. The maximum absolute atomic E-state index is 13.7. The summed E-state index contributed by atoms with van der Waals surface area (Å²) in [5.41, 5.74) is 3.70. The van der Waals surface area contributed by atoms with Crippen molar-refractivity contribution in [3.8, 4) is 0 Å². The Hall–Kier alpha value is -3.47. The summed E-state index contributed by atoms with van der Waals surface area (Å²) < 4.78 is 13.5. The molecule has 1 atom stereocenters. The van der Waals surface area contributed by atoms with E-state index in [-0.39, 0.29) is 36.5 Å². The minimum atomic E-state index is -0.692. The summed E-state index contributed by atoms with van der Waals surface area (Å²) in [6.07, 6.45) is 0.585. The van der Waals surface area contributed by atoms with E-state index in [4.69, 9.17) is 0 Å². The van der Waals surface area contributed by atoms with Gasteiger partial charge in [0.05, 0.1) is 6.42 Å². The second kappa shape index (κ2) is 12.1. The van der Waals surface area contributed by atoms with Crippen LogP contribution in [0.1, 0.15) is 36.1 Å². The molecule has 0 aliphatic heterocycles. The van der Waals surface area contributed by atoms with Gasteiger partial charge in [-0.15, -0.1) is 0 Å². The molecule has 0 saturated heterocycles. The van der Waals surface area contributed by atoms with Crippen LogP contribution in [0.2, 0.25) is 0 Å². The summed E-state index contributed by atoms with van der Waals surface area (Å²) in [4.78, 5) is 28.7. The number of halogens is 1. The Morgan fingerprint density at radius 3 is 2.18 bits per heavy atom. The summed E-state index contributed by atoms with van der Waals surface area (Å²) in [5.74, 6) is -0.372. The number of nitrogens with one attached hydrogen (secondary N) is 1. The Morgan fingerprint density at radius 2 is 1.53 bits per heavy atom. The predicted molar refractivity (Wildman–Crippen MR) is 134 cm³/mol. The predicted octanol–water partition coefficient (Wildman–Crippen LogP) is 5.09. The molecule has 0 bridgehead atoms. The van der Waals surface area contributed by atoms with E-state index in [2.05, 4.69) is 5.32 Å². The molecule has 0 aliphatic rings. The maximum atomic E-state index is 13.7. The van der Waals surface area contributed by atoms with E-state index in [0.29, 0.717) is 13.0 Å².